The molecule has 0 aliphatic heterocycles. The predicted octanol–water partition coefficient (Wildman–Crippen LogP) is 5.10. The van der Waals surface area contributed by atoms with E-state index in [2.05, 4.69) is 33.4 Å². The van der Waals surface area contributed by atoms with Crippen LogP contribution in [0.25, 0.3) is 0 Å². The molecule has 1 unspecified atom stereocenters. The van der Waals surface area contributed by atoms with Crippen LogP contribution in [0, 0.1) is 5.92 Å². The molecule has 19 heavy (non-hydrogen) atoms. The number of hydrogen-bond acceptors (Lipinski definition) is 2. The van der Waals surface area contributed by atoms with Gasteiger partial charge in [-0.15, -0.1) is 6.58 Å². The third-order valence-corrected chi connectivity index (χ3v) is 5.22. The van der Waals surface area contributed by atoms with Crippen LogP contribution < -0.4 is 0 Å². The largest absolute Gasteiger partial charge is 0.393 e. The topological polar surface area (TPSA) is 18.5 Å². The highest BCUT2D eigenvalue weighted by atomic mass is 28.3. The van der Waals surface area contributed by atoms with Crippen LogP contribution in [0.3, 0.4) is 0 Å². The van der Waals surface area contributed by atoms with Gasteiger partial charge in [-0.3, -0.25) is 0 Å². The van der Waals surface area contributed by atoms with Crippen LogP contribution >= 0.6 is 0 Å². The van der Waals surface area contributed by atoms with E-state index in [9.17, 15) is 0 Å². The summed E-state index contributed by atoms with van der Waals surface area (Å²) in [5, 5.41) is 0. The molecular weight excluding hydrogens is 252 g/mol. The van der Waals surface area contributed by atoms with Crippen molar-refractivity contribution in [3.63, 3.8) is 0 Å². The number of unbranched alkanes of at least 4 members (excludes halogenated alkanes) is 4. The maximum Gasteiger partial charge on any atom is 0.385 e. The molecule has 113 valence electrons. The van der Waals surface area contributed by atoms with Crippen LogP contribution in [0.5, 0.6) is 0 Å². The summed E-state index contributed by atoms with van der Waals surface area (Å²) in [5.74, 6) is 0.547. The number of allylic oxidation sites excluding steroid dienone is 1. The standard InChI is InChI=1S/C16H33O2Si/c1-5-9-11-13-17-19(15-16(7-3)8-4)18-14-12-10-6-2/h7,16H,3,5-6,8-15H2,1-2,4H3. The molecule has 1 radical (unpaired) electrons. The molecule has 0 heterocycles. The third-order valence-electron chi connectivity index (χ3n) is 3.31. The highest BCUT2D eigenvalue weighted by Gasteiger charge is 2.19. The SMILES string of the molecule is C=CC(CC)C[Si](OCCCCC)OCCCCC. The average molecular weight is 286 g/mol. The summed E-state index contributed by atoms with van der Waals surface area (Å²) in [6.07, 6.45) is 10.5. The van der Waals surface area contributed by atoms with Gasteiger partial charge >= 0.3 is 9.28 Å². The molecule has 0 aliphatic rings. The Bertz CT molecular complexity index is 185. The van der Waals surface area contributed by atoms with Crippen molar-refractivity contribution in [1.29, 1.82) is 0 Å². The summed E-state index contributed by atoms with van der Waals surface area (Å²) in [6, 6.07) is 1.04. The first-order valence-corrected chi connectivity index (χ1v) is 9.54. The first-order valence-electron chi connectivity index (χ1n) is 8.02. The molecule has 0 rings (SSSR count). The molecule has 0 aliphatic carbocycles. The fraction of sp³-hybridized carbons (Fsp3) is 0.875. The van der Waals surface area contributed by atoms with E-state index in [0.29, 0.717) is 5.92 Å². The molecule has 0 aromatic rings. The van der Waals surface area contributed by atoms with E-state index in [4.69, 9.17) is 8.85 Å². The Morgan fingerprint density at radius 3 is 1.84 bits per heavy atom. The quantitative estimate of drug-likeness (QED) is 0.251. The number of hydrogen-bond donors (Lipinski definition) is 0. The minimum atomic E-state index is -1.10. The van der Waals surface area contributed by atoms with Crippen LogP contribution in [-0.2, 0) is 8.85 Å². The van der Waals surface area contributed by atoms with E-state index >= 15 is 0 Å². The number of rotatable bonds is 14. The van der Waals surface area contributed by atoms with Gasteiger partial charge in [0.2, 0.25) is 0 Å². The van der Waals surface area contributed by atoms with E-state index < -0.39 is 9.28 Å². The van der Waals surface area contributed by atoms with Crippen molar-refractivity contribution >= 4 is 9.28 Å². The minimum Gasteiger partial charge on any atom is -0.393 e. The van der Waals surface area contributed by atoms with E-state index in [1.165, 1.54) is 25.7 Å². The zero-order chi connectivity index (χ0) is 14.3. The van der Waals surface area contributed by atoms with Crippen molar-refractivity contribution in [2.45, 2.75) is 71.8 Å². The Balaban J connectivity index is 3.94. The normalized spacial score (nSPS) is 12.8. The van der Waals surface area contributed by atoms with E-state index in [1.54, 1.807) is 0 Å². The summed E-state index contributed by atoms with van der Waals surface area (Å²) >= 11 is 0. The fourth-order valence-corrected chi connectivity index (χ4v) is 3.79. The molecule has 0 aromatic heterocycles. The molecule has 0 amide bonds. The molecule has 0 fully saturated rings. The van der Waals surface area contributed by atoms with Crippen molar-refractivity contribution in [2.75, 3.05) is 13.2 Å². The molecule has 0 saturated heterocycles. The van der Waals surface area contributed by atoms with Gasteiger partial charge in [-0.25, -0.2) is 0 Å². The molecule has 3 heteroatoms. The Labute approximate surface area is 122 Å². The van der Waals surface area contributed by atoms with Gasteiger partial charge in [-0.05, 0) is 31.2 Å². The molecular formula is C16H33O2Si. The maximum atomic E-state index is 5.99. The smallest absolute Gasteiger partial charge is 0.385 e. The molecule has 1 atom stereocenters. The molecule has 0 bridgehead atoms. The van der Waals surface area contributed by atoms with Crippen LogP contribution in [0.2, 0.25) is 6.04 Å². The lowest BCUT2D eigenvalue weighted by atomic mass is 10.1. The van der Waals surface area contributed by atoms with Crippen molar-refractivity contribution < 1.29 is 8.85 Å². The van der Waals surface area contributed by atoms with Crippen molar-refractivity contribution in [2.24, 2.45) is 5.92 Å². The Kier molecular flexibility index (Phi) is 14.2. The lowest BCUT2D eigenvalue weighted by Gasteiger charge is -2.18. The highest BCUT2D eigenvalue weighted by Crippen LogP contribution is 2.15. The highest BCUT2D eigenvalue weighted by molar-refractivity contribution is 6.44. The van der Waals surface area contributed by atoms with Gasteiger partial charge in [-0.2, -0.15) is 0 Å². The van der Waals surface area contributed by atoms with Crippen LogP contribution in [0.1, 0.15) is 65.7 Å². The lowest BCUT2D eigenvalue weighted by Crippen LogP contribution is -2.26. The second kappa shape index (κ2) is 14.3. The van der Waals surface area contributed by atoms with Crippen molar-refractivity contribution in [3.8, 4) is 0 Å². The molecule has 0 saturated carbocycles. The summed E-state index contributed by atoms with van der Waals surface area (Å²) in [4.78, 5) is 0. The van der Waals surface area contributed by atoms with Crippen LogP contribution in [0.15, 0.2) is 12.7 Å². The van der Waals surface area contributed by atoms with Gasteiger partial charge in [0.15, 0.2) is 0 Å². The minimum absolute atomic E-state index is 0.547. The second-order valence-corrected chi connectivity index (χ2v) is 6.82. The summed E-state index contributed by atoms with van der Waals surface area (Å²) in [5.41, 5.74) is 0. The fourth-order valence-electron chi connectivity index (χ4n) is 1.84. The van der Waals surface area contributed by atoms with Crippen molar-refractivity contribution in [3.05, 3.63) is 12.7 Å². The van der Waals surface area contributed by atoms with E-state index in [-0.39, 0.29) is 0 Å². The molecule has 2 nitrogen and oxygen atoms in total. The maximum absolute atomic E-state index is 5.99. The Morgan fingerprint density at radius 2 is 1.47 bits per heavy atom. The Morgan fingerprint density at radius 1 is 0.947 bits per heavy atom. The van der Waals surface area contributed by atoms with Crippen LogP contribution in [0.4, 0.5) is 0 Å². The second-order valence-electron chi connectivity index (χ2n) is 5.09. The zero-order valence-electron chi connectivity index (χ0n) is 13.2. The van der Waals surface area contributed by atoms with Gasteiger partial charge < -0.3 is 8.85 Å². The molecule has 0 spiro atoms. The zero-order valence-corrected chi connectivity index (χ0v) is 14.2. The van der Waals surface area contributed by atoms with E-state index in [1.807, 2.05) is 0 Å². The van der Waals surface area contributed by atoms with Gasteiger partial charge in [0, 0.05) is 13.2 Å². The summed E-state index contributed by atoms with van der Waals surface area (Å²) in [7, 11) is -1.10. The molecule has 0 N–H and O–H groups in total. The Hall–Kier alpha value is -0.123. The summed E-state index contributed by atoms with van der Waals surface area (Å²) in [6.45, 7) is 12.3. The average Bonchev–Trinajstić information content (AvgIpc) is 2.44. The van der Waals surface area contributed by atoms with Gasteiger partial charge in [0.1, 0.15) is 0 Å². The monoisotopic (exact) mass is 285 g/mol. The van der Waals surface area contributed by atoms with E-state index in [0.717, 1.165) is 38.5 Å². The third kappa shape index (κ3) is 11.4. The van der Waals surface area contributed by atoms with Gasteiger partial charge in [-0.1, -0.05) is 52.5 Å². The first kappa shape index (κ1) is 18.9. The first-order chi connectivity index (χ1) is 9.28. The molecule has 0 aromatic carbocycles. The van der Waals surface area contributed by atoms with Crippen LogP contribution in [-0.4, -0.2) is 22.5 Å². The van der Waals surface area contributed by atoms with Gasteiger partial charge in [0.25, 0.3) is 0 Å². The van der Waals surface area contributed by atoms with Gasteiger partial charge in [0.05, 0.1) is 0 Å². The predicted molar refractivity (Wildman–Crippen MR) is 85.5 cm³/mol. The summed E-state index contributed by atoms with van der Waals surface area (Å²) < 4.78 is 12.0. The van der Waals surface area contributed by atoms with Crippen molar-refractivity contribution in [1.82, 2.24) is 0 Å². The lowest BCUT2D eigenvalue weighted by molar-refractivity contribution is 0.187.